The van der Waals surface area contributed by atoms with Crippen molar-refractivity contribution >= 4 is 33.2 Å². The Kier molecular flexibility index (Phi) is 5.71. The van der Waals surface area contributed by atoms with E-state index in [4.69, 9.17) is 0 Å². The third-order valence-electron chi connectivity index (χ3n) is 4.72. The standard InChI is InChI=1S/C19H25N3O2S/c1-14(23)22-9-7-16(8-10-22)20-19(24)12-21(2)11-15-13-25-18-6-4-3-5-17(15)18/h3-6,13,16H,7-12H2,1-2H3,(H,20,24). The summed E-state index contributed by atoms with van der Waals surface area (Å²) in [5.41, 5.74) is 1.27. The molecule has 3 rings (SSSR count). The van der Waals surface area contributed by atoms with Crippen molar-refractivity contribution in [1.29, 1.82) is 0 Å². The van der Waals surface area contributed by atoms with Crippen LogP contribution in [0.3, 0.4) is 0 Å². The highest BCUT2D eigenvalue weighted by Crippen LogP contribution is 2.26. The van der Waals surface area contributed by atoms with Gasteiger partial charge >= 0.3 is 0 Å². The Morgan fingerprint density at radius 1 is 1.28 bits per heavy atom. The van der Waals surface area contributed by atoms with Crippen LogP contribution < -0.4 is 5.32 Å². The first-order chi connectivity index (χ1) is 12.0. The lowest BCUT2D eigenvalue weighted by molar-refractivity contribution is -0.130. The van der Waals surface area contributed by atoms with Gasteiger partial charge in [0.2, 0.25) is 11.8 Å². The van der Waals surface area contributed by atoms with Gasteiger partial charge < -0.3 is 10.2 Å². The fourth-order valence-corrected chi connectivity index (χ4v) is 4.31. The number of likely N-dealkylation sites (tertiary alicyclic amines) is 1. The number of hydrogen-bond donors (Lipinski definition) is 1. The second-order valence-electron chi connectivity index (χ2n) is 6.78. The minimum Gasteiger partial charge on any atom is -0.352 e. The topological polar surface area (TPSA) is 52.7 Å². The quantitative estimate of drug-likeness (QED) is 0.892. The SMILES string of the molecule is CC(=O)N1CCC(NC(=O)CN(C)Cc2csc3ccccc23)CC1. The Balaban J connectivity index is 1.47. The summed E-state index contributed by atoms with van der Waals surface area (Å²) >= 11 is 1.75. The van der Waals surface area contributed by atoms with Crippen molar-refractivity contribution in [3.63, 3.8) is 0 Å². The number of amides is 2. The first kappa shape index (κ1) is 17.9. The molecule has 2 amide bonds. The van der Waals surface area contributed by atoms with Gasteiger partial charge in [0.15, 0.2) is 0 Å². The number of nitrogens with one attached hydrogen (secondary N) is 1. The number of nitrogens with zero attached hydrogens (tertiary/aromatic N) is 2. The maximum atomic E-state index is 12.3. The molecule has 0 saturated carbocycles. The van der Waals surface area contributed by atoms with E-state index in [1.165, 1.54) is 15.6 Å². The molecule has 0 aliphatic carbocycles. The van der Waals surface area contributed by atoms with E-state index < -0.39 is 0 Å². The Labute approximate surface area is 152 Å². The van der Waals surface area contributed by atoms with Crippen LogP contribution in [0.1, 0.15) is 25.3 Å². The van der Waals surface area contributed by atoms with Crippen molar-refractivity contribution < 1.29 is 9.59 Å². The number of fused-ring (bicyclic) bond motifs is 1. The molecule has 5 nitrogen and oxygen atoms in total. The summed E-state index contributed by atoms with van der Waals surface area (Å²) < 4.78 is 1.28. The highest BCUT2D eigenvalue weighted by Gasteiger charge is 2.22. The second kappa shape index (κ2) is 7.97. The van der Waals surface area contributed by atoms with Gasteiger partial charge in [-0.05, 0) is 42.3 Å². The molecule has 6 heteroatoms. The molecule has 2 heterocycles. The summed E-state index contributed by atoms with van der Waals surface area (Å²) in [6.45, 7) is 4.22. The van der Waals surface area contributed by atoms with Gasteiger partial charge in [0.1, 0.15) is 0 Å². The molecule has 1 fully saturated rings. The van der Waals surface area contributed by atoms with Gasteiger partial charge in [0, 0.05) is 37.3 Å². The van der Waals surface area contributed by atoms with Gasteiger partial charge in [-0.25, -0.2) is 0 Å². The van der Waals surface area contributed by atoms with Crippen molar-refractivity contribution in [1.82, 2.24) is 15.1 Å². The van der Waals surface area contributed by atoms with Crippen molar-refractivity contribution in [2.45, 2.75) is 32.4 Å². The van der Waals surface area contributed by atoms with Crippen LogP contribution in [0.4, 0.5) is 0 Å². The van der Waals surface area contributed by atoms with Gasteiger partial charge in [-0.3, -0.25) is 14.5 Å². The normalized spacial score (nSPS) is 15.7. The predicted molar refractivity (Wildman–Crippen MR) is 102 cm³/mol. The smallest absolute Gasteiger partial charge is 0.234 e. The molecular formula is C19H25N3O2S. The maximum Gasteiger partial charge on any atom is 0.234 e. The Morgan fingerprint density at radius 3 is 2.72 bits per heavy atom. The molecule has 1 aromatic carbocycles. The summed E-state index contributed by atoms with van der Waals surface area (Å²) in [5.74, 6) is 0.177. The molecular weight excluding hydrogens is 334 g/mol. The highest BCUT2D eigenvalue weighted by atomic mass is 32.1. The van der Waals surface area contributed by atoms with Crippen molar-refractivity contribution in [2.24, 2.45) is 0 Å². The molecule has 0 atom stereocenters. The van der Waals surface area contributed by atoms with E-state index in [1.807, 2.05) is 11.9 Å². The Bertz CT molecular complexity index is 750. The zero-order valence-electron chi connectivity index (χ0n) is 14.8. The van der Waals surface area contributed by atoms with Crippen LogP contribution in [0.15, 0.2) is 29.6 Å². The predicted octanol–water partition coefficient (Wildman–Crippen LogP) is 2.46. The van der Waals surface area contributed by atoms with E-state index in [0.29, 0.717) is 6.54 Å². The van der Waals surface area contributed by atoms with Gasteiger partial charge in [0.05, 0.1) is 6.54 Å². The van der Waals surface area contributed by atoms with Gasteiger partial charge in [0.25, 0.3) is 0 Å². The van der Waals surface area contributed by atoms with Gasteiger partial charge in [-0.15, -0.1) is 11.3 Å². The minimum atomic E-state index is 0.0586. The summed E-state index contributed by atoms with van der Waals surface area (Å²) in [6, 6.07) is 8.55. The number of carbonyl (C=O) groups is 2. The third-order valence-corrected chi connectivity index (χ3v) is 5.73. The molecule has 1 aliphatic heterocycles. The fraction of sp³-hybridized carbons (Fsp3) is 0.474. The number of hydrogen-bond acceptors (Lipinski definition) is 4. The number of rotatable bonds is 5. The lowest BCUT2D eigenvalue weighted by Crippen LogP contribution is -2.47. The van der Waals surface area contributed by atoms with Crippen molar-refractivity contribution in [2.75, 3.05) is 26.7 Å². The fourth-order valence-electron chi connectivity index (χ4n) is 3.36. The van der Waals surface area contributed by atoms with E-state index in [1.54, 1.807) is 18.3 Å². The molecule has 0 spiro atoms. The highest BCUT2D eigenvalue weighted by molar-refractivity contribution is 7.17. The van der Waals surface area contributed by atoms with Gasteiger partial charge in [-0.1, -0.05) is 18.2 Å². The minimum absolute atomic E-state index is 0.0586. The number of carbonyl (C=O) groups excluding carboxylic acids is 2. The first-order valence-electron chi connectivity index (χ1n) is 8.71. The zero-order valence-corrected chi connectivity index (χ0v) is 15.6. The summed E-state index contributed by atoms with van der Waals surface area (Å²) in [5, 5.41) is 6.56. The van der Waals surface area contributed by atoms with Crippen LogP contribution >= 0.6 is 11.3 Å². The maximum absolute atomic E-state index is 12.3. The Morgan fingerprint density at radius 2 is 2.00 bits per heavy atom. The average molecular weight is 359 g/mol. The molecule has 0 radical (unpaired) electrons. The van der Waals surface area contributed by atoms with E-state index in [2.05, 4.69) is 39.9 Å². The van der Waals surface area contributed by atoms with E-state index in [0.717, 1.165) is 32.5 Å². The number of likely N-dealkylation sites (N-methyl/N-ethyl adjacent to an activating group) is 1. The van der Waals surface area contributed by atoms with Crippen LogP contribution in [0.2, 0.25) is 0 Å². The lowest BCUT2D eigenvalue weighted by Gasteiger charge is -2.32. The average Bonchev–Trinajstić information content (AvgIpc) is 2.98. The first-order valence-corrected chi connectivity index (χ1v) is 9.59. The van der Waals surface area contributed by atoms with Crippen LogP contribution in [0.25, 0.3) is 10.1 Å². The molecule has 0 unspecified atom stereocenters. The second-order valence-corrected chi connectivity index (χ2v) is 7.69. The van der Waals surface area contributed by atoms with E-state index in [-0.39, 0.29) is 17.9 Å². The van der Waals surface area contributed by atoms with Crippen LogP contribution in [-0.4, -0.2) is 54.3 Å². The third kappa shape index (κ3) is 4.58. The molecule has 1 aliphatic rings. The monoisotopic (exact) mass is 359 g/mol. The molecule has 2 aromatic rings. The van der Waals surface area contributed by atoms with Crippen molar-refractivity contribution in [3.05, 3.63) is 35.2 Å². The number of thiophene rings is 1. The molecule has 0 bridgehead atoms. The molecule has 25 heavy (non-hydrogen) atoms. The largest absolute Gasteiger partial charge is 0.352 e. The number of piperidine rings is 1. The van der Waals surface area contributed by atoms with E-state index in [9.17, 15) is 9.59 Å². The summed E-state index contributed by atoms with van der Waals surface area (Å²) in [6.07, 6.45) is 1.68. The van der Waals surface area contributed by atoms with Crippen molar-refractivity contribution in [3.8, 4) is 0 Å². The van der Waals surface area contributed by atoms with Crippen LogP contribution in [-0.2, 0) is 16.1 Å². The molecule has 1 saturated heterocycles. The van der Waals surface area contributed by atoms with E-state index >= 15 is 0 Å². The van der Waals surface area contributed by atoms with Crippen LogP contribution in [0, 0.1) is 0 Å². The van der Waals surface area contributed by atoms with Crippen LogP contribution in [0.5, 0.6) is 0 Å². The zero-order chi connectivity index (χ0) is 17.8. The molecule has 1 aromatic heterocycles. The lowest BCUT2D eigenvalue weighted by atomic mass is 10.1. The summed E-state index contributed by atoms with van der Waals surface area (Å²) in [4.78, 5) is 27.5. The van der Waals surface area contributed by atoms with Gasteiger partial charge in [-0.2, -0.15) is 0 Å². The Hall–Kier alpha value is -1.92. The molecule has 134 valence electrons. The molecule has 1 N–H and O–H groups in total. The number of benzene rings is 1. The summed E-state index contributed by atoms with van der Waals surface area (Å²) in [7, 11) is 1.98.